The van der Waals surface area contributed by atoms with Crippen molar-refractivity contribution in [3.8, 4) is 22.4 Å². The van der Waals surface area contributed by atoms with Crippen LogP contribution in [0, 0.1) is 12.8 Å². The van der Waals surface area contributed by atoms with Gasteiger partial charge in [-0.15, -0.1) is 5.10 Å². The van der Waals surface area contributed by atoms with Gasteiger partial charge in [0.05, 0.1) is 17.5 Å². The fourth-order valence-corrected chi connectivity index (χ4v) is 3.86. The van der Waals surface area contributed by atoms with Crippen molar-refractivity contribution in [1.29, 1.82) is 0 Å². The fourth-order valence-electron chi connectivity index (χ4n) is 3.86. The van der Waals surface area contributed by atoms with Gasteiger partial charge in [0, 0.05) is 29.6 Å². The van der Waals surface area contributed by atoms with Crippen LogP contribution in [0.5, 0.6) is 0 Å². The lowest BCUT2D eigenvalue weighted by atomic mass is 9.99. The van der Waals surface area contributed by atoms with Gasteiger partial charge in [0.2, 0.25) is 5.91 Å². The van der Waals surface area contributed by atoms with E-state index in [0.29, 0.717) is 29.5 Å². The normalized spacial score (nSPS) is 13.0. The average molecular weight is 534 g/mol. The number of benzene rings is 1. The minimum atomic E-state index is -4.61. The lowest BCUT2D eigenvalue weighted by Crippen LogP contribution is -2.21. The molecule has 1 saturated carbocycles. The molecule has 5 rings (SSSR count). The summed E-state index contributed by atoms with van der Waals surface area (Å²) < 4.78 is 38.7. The summed E-state index contributed by atoms with van der Waals surface area (Å²) in [5.41, 5.74) is 3.39. The third kappa shape index (κ3) is 6.35. The van der Waals surface area contributed by atoms with Crippen LogP contribution in [0.2, 0.25) is 0 Å². The van der Waals surface area contributed by atoms with Crippen LogP contribution in [-0.4, -0.2) is 32.1 Å². The lowest BCUT2D eigenvalue weighted by molar-refractivity contribution is -0.137. The van der Waals surface area contributed by atoms with Gasteiger partial charge >= 0.3 is 12.2 Å². The van der Waals surface area contributed by atoms with Gasteiger partial charge in [0.25, 0.3) is 0 Å². The third-order valence-electron chi connectivity index (χ3n) is 6.04. The maximum atomic E-state index is 12.9. The van der Waals surface area contributed by atoms with Crippen molar-refractivity contribution in [1.82, 2.24) is 20.2 Å². The zero-order valence-electron chi connectivity index (χ0n) is 20.6. The summed E-state index contributed by atoms with van der Waals surface area (Å²) in [5.74, 6) is 0.139. The molecule has 12 heteroatoms. The first-order valence-corrected chi connectivity index (χ1v) is 12.0. The Morgan fingerprint density at radius 3 is 2.41 bits per heavy atom. The third-order valence-corrected chi connectivity index (χ3v) is 6.04. The molecular formula is C27H22F3N7O2. The number of hydrogen-bond acceptors (Lipinski definition) is 6. The number of aromatic nitrogens is 4. The molecule has 39 heavy (non-hydrogen) atoms. The fraction of sp³-hybridized carbons (Fsp3) is 0.185. The number of rotatable bonds is 6. The van der Waals surface area contributed by atoms with E-state index in [1.165, 1.54) is 0 Å². The maximum Gasteiger partial charge on any atom is 0.418 e. The molecule has 9 nitrogen and oxygen atoms in total. The zero-order chi connectivity index (χ0) is 27.6. The second-order valence-corrected chi connectivity index (χ2v) is 9.06. The molecular weight excluding hydrogens is 511 g/mol. The summed E-state index contributed by atoms with van der Waals surface area (Å²) in [5, 5.41) is 14.5. The Hall–Kier alpha value is -4.87. The molecule has 0 spiro atoms. The summed E-state index contributed by atoms with van der Waals surface area (Å²) in [4.78, 5) is 33.3. The Kier molecular flexibility index (Phi) is 6.92. The van der Waals surface area contributed by atoms with E-state index in [-0.39, 0.29) is 17.6 Å². The maximum absolute atomic E-state index is 12.9. The van der Waals surface area contributed by atoms with E-state index in [1.54, 1.807) is 36.7 Å². The van der Waals surface area contributed by atoms with Crippen molar-refractivity contribution in [2.45, 2.75) is 25.9 Å². The van der Waals surface area contributed by atoms with Crippen LogP contribution in [0.25, 0.3) is 22.4 Å². The summed E-state index contributed by atoms with van der Waals surface area (Å²) in [7, 11) is 0. The first kappa shape index (κ1) is 25.8. The number of halogens is 3. The Labute approximate surface area is 220 Å². The highest BCUT2D eigenvalue weighted by atomic mass is 19.4. The van der Waals surface area contributed by atoms with Gasteiger partial charge in [-0.05, 0) is 78.9 Å². The van der Waals surface area contributed by atoms with Gasteiger partial charge < -0.3 is 10.6 Å². The molecule has 3 aromatic heterocycles. The van der Waals surface area contributed by atoms with Gasteiger partial charge in [-0.25, -0.2) is 9.78 Å². The molecule has 0 bridgehead atoms. The van der Waals surface area contributed by atoms with Crippen LogP contribution in [0.3, 0.4) is 0 Å². The molecule has 3 heterocycles. The van der Waals surface area contributed by atoms with E-state index in [9.17, 15) is 22.8 Å². The quantitative estimate of drug-likeness (QED) is 0.283. The largest absolute Gasteiger partial charge is 0.418 e. The number of alkyl halides is 3. The highest BCUT2D eigenvalue weighted by molar-refractivity contribution is 5.99. The van der Waals surface area contributed by atoms with Crippen molar-refractivity contribution in [2.75, 3.05) is 16.0 Å². The van der Waals surface area contributed by atoms with Crippen molar-refractivity contribution in [3.63, 3.8) is 0 Å². The van der Waals surface area contributed by atoms with Crippen LogP contribution in [0.1, 0.15) is 24.0 Å². The molecule has 0 radical (unpaired) electrons. The van der Waals surface area contributed by atoms with Crippen molar-refractivity contribution >= 4 is 29.3 Å². The molecule has 1 aliphatic carbocycles. The Morgan fingerprint density at radius 1 is 0.872 bits per heavy atom. The number of amides is 3. The van der Waals surface area contributed by atoms with E-state index >= 15 is 0 Å². The summed E-state index contributed by atoms with van der Waals surface area (Å²) in [6.07, 6.45) is 1.02. The molecule has 0 aliphatic heterocycles. The molecule has 4 aromatic rings. The molecule has 0 atom stereocenters. The summed E-state index contributed by atoms with van der Waals surface area (Å²) >= 11 is 0. The number of carbonyl (C=O) groups is 2. The number of carbonyl (C=O) groups excluding carboxylic acids is 2. The smallest absolute Gasteiger partial charge is 0.310 e. The number of hydrogen-bond donors (Lipinski definition) is 3. The SMILES string of the molecule is Cc1ccc(NC(=O)Nc2cc(C(F)(F)F)cnn2)cc1-c1ccnc(-c2ccnc(NC(=O)C3CC3)c2)c1. The van der Waals surface area contributed by atoms with Crippen LogP contribution in [-0.2, 0) is 11.0 Å². The molecule has 1 fully saturated rings. The molecule has 198 valence electrons. The number of nitrogens with zero attached hydrogens (tertiary/aromatic N) is 4. The lowest BCUT2D eigenvalue weighted by Gasteiger charge is -2.13. The van der Waals surface area contributed by atoms with Crippen LogP contribution < -0.4 is 16.0 Å². The Morgan fingerprint density at radius 2 is 1.64 bits per heavy atom. The summed E-state index contributed by atoms with van der Waals surface area (Å²) in [6, 6.07) is 12.4. The first-order valence-electron chi connectivity index (χ1n) is 12.0. The average Bonchev–Trinajstić information content (AvgIpc) is 3.76. The second kappa shape index (κ2) is 10.5. The van der Waals surface area contributed by atoms with Crippen LogP contribution in [0.4, 0.5) is 35.3 Å². The molecule has 1 aliphatic rings. The minimum Gasteiger partial charge on any atom is -0.310 e. The first-order chi connectivity index (χ1) is 18.7. The van der Waals surface area contributed by atoms with Gasteiger partial charge in [0.15, 0.2) is 5.82 Å². The number of aryl methyl sites for hydroxylation is 1. The van der Waals surface area contributed by atoms with Gasteiger partial charge in [-0.1, -0.05) is 6.07 Å². The van der Waals surface area contributed by atoms with Crippen LogP contribution >= 0.6 is 0 Å². The predicted octanol–water partition coefficient (Wildman–Crippen LogP) is 5.92. The second-order valence-electron chi connectivity index (χ2n) is 9.06. The molecule has 1 aromatic carbocycles. The molecule has 3 N–H and O–H groups in total. The van der Waals surface area contributed by atoms with Crippen molar-refractivity contribution in [3.05, 3.63) is 78.2 Å². The Bertz CT molecular complexity index is 1550. The molecule has 3 amide bonds. The van der Waals surface area contributed by atoms with Crippen molar-refractivity contribution in [2.24, 2.45) is 5.92 Å². The Balaban J connectivity index is 1.33. The van der Waals surface area contributed by atoms with Gasteiger partial charge in [0.1, 0.15) is 5.82 Å². The topological polar surface area (TPSA) is 122 Å². The molecule has 0 unspecified atom stereocenters. The highest BCUT2D eigenvalue weighted by Crippen LogP contribution is 2.32. The van der Waals surface area contributed by atoms with E-state index in [2.05, 4.69) is 36.1 Å². The number of anilines is 3. The monoisotopic (exact) mass is 533 g/mol. The van der Waals surface area contributed by atoms with E-state index in [0.717, 1.165) is 35.1 Å². The van der Waals surface area contributed by atoms with E-state index < -0.39 is 17.8 Å². The zero-order valence-corrected chi connectivity index (χ0v) is 20.6. The predicted molar refractivity (Wildman–Crippen MR) is 139 cm³/mol. The number of nitrogens with one attached hydrogen (secondary N) is 3. The summed E-state index contributed by atoms with van der Waals surface area (Å²) in [6.45, 7) is 1.91. The minimum absolute atomic E-state index is 0.0366. The van der Waals surface area contributed by atoms with Gasteiger partial charge in [-0.3, -0.25) is 15.1 Å². The van der Waals surface area contributed by atoms with Gasteiger partial charge in [-0.2, -0.15) is 18.3 Å². The highest BCUT2D eigenvalue weighted by Gasteiger charge is 2.32. The van der Waals surface area contributed by atoms with Crippen molar-refractivity contribution < 1.29 is 22.8 Å². The standard InChI is InChI=1S/C27H22F3N7O2/c1-15-2-5-20(34-26(39)36-24-12-19(14-33-37-24)27(28,29)30)13-21(15)17-6-8-31-22(10-17)18-7-9-32-23(11-18)35-25(38)16-3-4-16/h2,5-14,16H,3-4H2,1H3,(H,32,35,38)(H2,34,36,37,39). The van der Waals surface area contributed by atoms with E-state index in [1.807, 2.05) is 25.1 Å². The molecule has 0 saturated heterocycles. The van der Waals surface area contributed by atoms with E-state index in [4.69, 9.17) is 0 Å². The number of pyridine rings is 2. The number of urea groups is 1. The van der Waals surface area contributed by atoms with Crippen LogP contribution in [0.15, 0.2) is 67.1 Å².